The first kappa shape index (κ1) is 15.4. The summed E-state index contributed by atoms with van der Waals surface area (Å²) in [4.78, 5) is 0. The molecule has 1 unspecified atom stereocenters. The van der Waals surface area contributed by atoms with Crippen molar-refractivity contribution in [1.82, 2.24) is 5.32 Å². The zero-order chi connectivity index (χ0) is 16.6. The summed E-state index contributed by atoms with van der Waals surface area (Å²) >= 11 is 0. The number of hydrogen-bond donors (Lipinski definition) is 3. The third kappa shape index (κ3) is 2.55. The topological polar surface area (TPSA) is 71.0 Å². The van der Waals surface area contributed by atoms with Gasteiger partial charge in [0.1, 0.15) is 5.82 Å². The van der Waals surface area contributed by atoms with Crippen LogP contribution in [-0.2, 0) is 6.54 Å². The van der Waals surface area contributed by atoms with Crippen LogP contribution in [0.5, 0.6) is 23.0 Å². The molecular weight excluding hydrogens is 301 g/mol. The van der Waals surface area contributed by atoms with E-state index in [0.717, 1.165) is 17.2 Å². The molecule has 0 saturated carbocycles. The highest BCUT2D eigenvalue weighted by Gasteiger charge is 2.28. The van der Waals surface area contributed by atoms with E-state index >= 15 is 0 Å². The van der Waals surface area contributed by atoms with E-state index < -0.39 is 11.6 Å². The number of phenols is 2. The van der Waals surface area contributed by atoms with Gasteiger partial charge in [0.25, 0.3) is 0 Å². The second kappa shape index (κ2) is 5.96. The van der Waals surface area contributed by atoms with Crippen molar-refractivity contribution in [2.24, 2.45) is 0 Å². The van der Waals surface area contributed by atoms with Crippen molar-refractivity contribution in [2.75, 3.05) is 20.8 Å². The Morgan fingerprint density at radius 2 is 1.83 bits per heavy atom. The predicted molar refractivity (Wildman–Crippen MR) is 82.8 cm³/mol. The molecule has 3 rings (SSSR count). The second-order valence-corrected chi connectivity index (χ2v) is 5.41. The molecule has 0 aliphatic carbocycles. The van der Waals surface area contributed by atoms with Crippen LogP contribution < -0.4 is 14.8 Å². The Morgan fingerprint density at radius 3 is 2.52 bits per heavy atom. The molecule has 23 heavy (non-hydrogen) atoms. The van der Waals surface area contributed by atoms with Gasteiger partial charge < -0.3 is 25.0 Å². The van der Waals surface area contributed by atoms with Crippen LogP contribution in [0.3, 0.4) is 0 Å². The summed E-state index contributed by atoms with van der Waals surface area (Å²) in [6.45, 7) is 1.10. The Morgan fingerprint density at radius 1 is 1.09 bits per heavy atom. The first-order chi connectivity index (χ1) is 11.1. The van der Waals surface area contributed by atoms with Gasteiger partial charge in [-0.2, -0.15) is 0 Å². The van der Waals surface area contributed by atoms with Gasteiger partial charge >= 0.3 is 0 Å². The number of benzene rings is 2. The number of nitrogens with one attached hydrogen (secondary N) is 1. The van der Waals surface area contributed by atoms with Gasteiger partial charge in [0.05, 0.1) is 14.2 Å². The number of rotatable bonds is 3. The Balaban J connectivity index is 2.14. The Bertz CT molecular complexity index is 748. The van der Waals surface area contributed by atoms with E-state index in [1.165, 1.54) is 6.07 Å². The van der Waals surface area contributed by atoms with E-state index in [0.29, 0.717) is 30.2 Å². The number of fused-ring (bicyclic) bond motifs is 1. The number of halogens is 1. The minimum atomic E-state index is -0.560. The van der Waals surface area contributed by atoms with Crippen LogP contribution in [0.15, 0.2) is 24.3 Å². The van der Waals surface area contributed by atoms with Crippen molar-refractivity contribution in [1.29, 1.82) is 0 Å². The van der Waals surface area contributed by atoms with E-state index in [9.17, 15) is 14.6 Å². The monoisotopic (exact) mass is 319 g/mol. The molecule has 1 aliphatic rings. The smallest absolute Gasteiger partial charge is 0.165 e. The highest BCUT2D eigenvalue weighted by molar-refractivity contribution is 5.56. The lowest BCUT2D eigenvalue weighted by atomic mass is 9.84. The van der Waals surface area contributed by atoms with Crippen LogP contribution in [0, 0.1) is 5.82 Å². The molecule has 0 spiro atoms. The van der Waals surface area contributed by atoms with Crippen molar-refractivity contribution in [3.05, 3.63) is 46.8 Å². The van der Waals surface area contributed by atoms with Gasteiger partial charge in [-0.05, 0) is 17.7 Å². The lowest BCUT2D eigenvalue weighted by molar-refractivity contribution is 0.347. The van der Waals surface area contributed by atoms with Crippen LogP contribution in [-0.4, -0.2) is 31.0 Å². The van der Waals surface area contributed by atoms with Gasteiger partial charge in [-0.3, -0.25) is 0 Å². The third-order valence-corrected chi connectivity index (χ3v) is 4.18. The Hall–Kier alpha value is -2.47. The molecule has 0 bridgehead atoms. The van der Waals surface area contributed by atoms with Crippen molar-refractivity contribution in [3.8, 4) is 23.0 Å². The van der Waals surface area contributed by atoms with Gasteiger partial charge in [0, 0.05) is 36.2 Å². The average Bonchev–Trinajstić information content (AvgIpc) is 2.56. The van der Waals surface area contributed by atoms with Gasteiger partial charge in [0.15, 0.2) is 23.0 Å². The molecule has 1 atom stereocenters. The number of methoxy groups -OCH3 is 2. The second-order valence-electron chi connectivity index (χ2n) is 5.41. The molecule has 6 heteroatoms. The summed E-state index contributed by atoms with van der Waals surface area (Å²) in [6.07, 6.45) is 0. The van der Waals surface area contributed by atoms with Crippen LogP contribution in [0.1, 0.15) is 22.6 Å². The molecule has 2 aromatic carbocycles. The highest BCUT2D eigenvalue weighted by Crippen LogP contribution is 2.42. The fourth-order valence-corrected chi connectivity index (χ4v) is 3.08. The van der Waals surface area contributed by atoms with Gasteiger partial charge in [0.2, 0.25) is 0 Å². The summed E-state index contributed by atoms with van der Waals surface area (Å²) in [6, 6.07) is 5.86. The van der Waals surface area contributed by atoms with Gasteiger partial charge in [-0.15, -0.1) is 0 Å². The first-order valence-corrected chi connectivity index (χ1v) is 7.22. The molecular formula is C17H18FNO4. The van der Waals surface area contributed by atoms with Crippen LogP contribution in [0.4, 0.5) is 4.39 Å². The normalized spacial score (nSPS) is 16.7. The van der Waals surface area contributed by atoms with E-state index in [4.69, 9.17) is 9.47 Å². The molecule has 3 N–H and O–H groups in total. The largest absolute Gasteiger partial charge is 0.504 e. The summed E-state index contributed by atoms with van der Waals surface area (Å²) < 4.78 is 25.0. The number of phenolic OH excluding ortho intramolecular Hbond substituents is 2. The summed E-state index contributed by atoms with van der Waals surface area (Å²) in [5.41, 5.74) is 2.13. The SMILES string of the molecule is COc1ccc2c(c1OC)CNCC2c1cc(O)c(O)cc1F. The Labute approximate surface area is 133 Å². The molecule has 2 aromatic rings. The predicted octanol–water partition coefficient (Wildman–Crippen LogP) is 2.49. The van der Waals surface area contributed by atoms with Crippen LogP contribution in [0.25, 0.3) is 0 Å². The zero-order valence-electron chi connectivity index (χ0n) is 12.9. The number of aromatic hydroxyl groups is 2. The number of hydrogen-bond acceptors (Lipinski definition) is 5. The van der Waals surface area contributed by atoms with Crippen molar-refractivity contribution < 1.29 is 24.1 Å². The maximum atomic E-state index is 14.3. The third-order valence-electron chi connectivity index (χ3n) is 4.18. The maximum absolute atomic E-state index is 14.3. The first-order valence-electron chi connectivity index (χ1n) is 7.22. The molecule has 5 nitrogen and oxygen atoms in total. The summed E-state index contributed by atoms with van der Waals surface area (Å²) in [5.74, 6) is -0.440. The lowest BCUT2D eigenvalue weighted by Gasteiger charge is -2.29. The van der Waals surface area contributed by atoms with E-state index in [1.807, 2.05) is 6.07 Å². The molecule has 0 fully saturated rings. The quantitative estimate of drug-likeness (QED) is 0.758. The minimum absolute atomic E-state index is 0.301. The standard InChI is InChI=1S/C17H18FNO4/c1-22-16-4-3-9-11(7-19-8-12(9)17(16)23-2)10-5-14(20)15(21)6-13(10)18/h3-6,11,19-21H,7-8H2,1-2H3. The fourth-order valence-electron chi connectivity index (χ4n) is 3.08. The van der Waals surface area contributed by atoms with Gasteiger partial charge in [-0.1, -0.05) is 6.07 Å². The Kier molecular flexibility index (Phi) is 4.00. The van der Waals surface area contributed by atoms with E-state index in [-0.39, 0.29) is 11.7 Å². The van der Waals surface area contributed by atoms with Crippen LogP contribution >= 0.6 is 0 Å². The molecule has 0 saturated heterocycles. The molecule has 0 radical (unpaired) electrons. The van der Waals surface area contributed by atoms with E-state index in [2.05, 4.69) is 5.32 Å². The minimum Gasteiger partial charge on any atom is -0.504 e. The summed E-state index contributed by atoms with van der Waals surface area (Å²) in [7, 11) is 3.13. The lowest BCUT2D eigenvalue weighted by Crippen LogP contribution is -2.29. The zero-order valence-corrected chi connectivity index (χ0v) is 12.9. The number of ether oxygens (including phenoxy) is 2. The van der Waals surface area contributed by atoms with Crippen molar-refractivity contribution >= 4 is 0 Å². The molecule has 0 aromatic heterocycles. The molecule has 0 amide bonds. The maximum Gasteiger partial charge on any atom is 0.165 e. The molecule has 1 aliphatic heterocycles. The average molecular weight is 319 g/mol. The van der Waals surface area contributed by atoms with E-state index in [1.54, 1.807) is 20.3 Å². The summed E-state index contributed by atoms with van der Waals surface area (Å²) in [5, 5.41) is 22.4. The van der Waals surface area contributed by atoms with Crippen molar-refractivity contribution in [2.45, 2.75) is 12.5 Å². The van der Waals surface area contributed by atoms with Gasteiger partial charge in [-0.25, -0.2) is 4.39 Å². The fraction of sp³-hybridized carbons (Fsp3) is 0.294. The highest BCUT2D eigenvalue weighted by atomic mass is 19.1. The van der Waals surface area contributed by atoms with Crippen molar-refractivity contribution in [3.63, 3.8) is 0 Å². The molecule has 1 heterocycles. The van der Waals surface area contributed by atoms with Crippen LogP contribution in [0.2, 0.25) is 0 Å². The molecule has 122 valence electrons.